The Hall–Kier alpha value is -1.13. The lowest BCUT2D eigenvalue weighted by Gasteiger charge is -2.08. The third kappa shape index (κ3) is 3.91. The van der Waals surface area contributed by atoms with E-state index < -0.39 is 11.7 Å². The molecular weight excluding hydrogens is 293 g/mol. The minimum absolute atomic E-state index is 0.425. The monoisotopic (exact) mass is 302 g/mol. The van der Waals surface area contributed by atoms with E-state index in [1.807, 2.05) is 24.3 Å². The van der Waals surface area contributed by atoms with Crippen LogP contribution < -0.4 is 0 Å². The normalized spacial score (nSPS) is 11.6. The van der Waals surface area contributed by atoms with Crippen LogP contribution in [0.1, 0.15) is 11.1 Å². The van der Waals surface area contributed by atoms with Gasteiger partial charge in [0.2, 0.25) is 0 Å². The molecule has 0 radical (unpaired) electrons. The van der Waals surface area contributed by atoms with E-state index >= 15 is 0 Å². The Morgan fingerprint density at radius 2 is 1.63 bits per heavy atom. The van der Waals surface area contributed by atoms with Gasteiger partial charge in [-0.3, -0.25) is 0 Å². The predicted molar refractivity (Wildman–Crippen MR) is 71.6 cm³/mol. The summed E-state index contributed by atoms with van der Waals surface area (Å²) in [5.41, 5.74) is 0.352. The lowest BCUT2D eigenvalue weighted by molar-refractivity contribution is -0.137. The molecule has 2 rings (SSSR count). The van der Waals surface area contributed by atoms with E-state index in [0.29, 0.717) is 10.8 Å². The summed E-state index contributed by atoms with van der Waals surface area (Å²) in [6.45, 7) is 0. The summed E-state index contributed by atoms with van der Waals surface area (Å²) < 4.78 is 37.7. The van der Waals surface area contributed by atoms with Crippen molar-refractivity contribution >= 4 is 23.4 Å². The van der Waals surface area contributed by atoms with Gasteiger partial charge < -0.3 is 0 Å². The van der Waals surface area contributed by atoms with E-state index in [1.165, 1.54) is 17.8 Å². The summed E-state index contributed by atoms with van der Waals surface area (Å²) in [6.07, 6.45) is -4.31. The van der Waals surface area contributed by atoms with E-state index in [4.69, 9.17) is 11.6 Å². The van der Waals surface area contributed by atoms with Gasteiger partial charge in [0.05, 0.1) is 5.56 Å². The Balaban J connectivity index is 2.18. The average Bonchev–Trinajstić information content (AvgIpc) is 2.39. The number of hydrogen-bond acceptors (Lipinski definition) is 1. The highest BCUT2D eigenvalue weighted by Gasteiger charge is 2.30. The van der Waals surface area contributed by atoms with Crippen LogP contribution in [0.5, 0.6) is 0 Å². The minimum atomic E-state index is -4.31. The standard InChI is InChI=1S/C14H10ClF3S/c15-9-10-4-6-12(7-5-10)19-13-3-1-2-11(8-13)14(16,17)18/h1-8H,9H2. The van der Waals surface area contributed by atoms with Crippen molar-refractivity contribution in [2.24, 2.45) is 0 Å². The molecule has 2 aromatic rings. The highest BCUT2D eigenvalue weighted by Crippen LogP contribution is 2.34. The van der Waals surface area contributed by atoms with E-state index in [1.54, 1.807) is 6.07 Å². The van der Waals surface area contributed by atoms with Crippen LogP contribution in [0.3, 0.4) is 0 Å². The molecule has 0 amide bonds. The molecule has 0 aliphatic heterocycles. The van der Waals surface area contributed by atoms with Crippen molar-refractivity contribution in [1.82, 2.24) is 0 Å². The number of halogens is 4. The number of benzene rings is 2. The first-order valence-electron chi connectivity index (χ1n) is 5.49. The first-order chi connectivity index (χ1) is 8.99. The molecule has 0 aliphatic carbocycles. The number of hydrogen-bond donors (Lipinski definition) is 0. The SMILES string of the molecule is FC(F)(F)c1cccc(Sc2ccc(CCl)cc2)c1. The molecule has 0 bridgehead atoms. The van der Waals surface area contributed by atoms with E-state index in [-0.39, 0.29) is 0 Å². The first-order valence-corrected chi connectivity index (χ1v) is 6.84. The molecule has 0 unspecified atom stereocenters. The zero-order valence-corrected chi connectivity index (χ0v) is 11.3. The Bertz CT molecular complexity index is 549. The fraction of sp³-hybridized carbons (Fsp3) is 0.143. The molecule has 19 heavy (non-hydrogen) atoms. The third-order valence-electron chi connectivity index (χ3n) is 2.47. The molecule has 0 atom stereocenters. The lowest BCUT2D eigenvalue weighted by Crippen LogP contribution is -2.04. The van der Waals surface area contributed by atoms with Gasteiger partial charge in [0, 0.05) is 15.7 Å². The van der Waals surface area contributed by atoms with Crippen molar-refractivity contribution in [3.05, 3.63) is 59.7 Å². The largest absolute Gasteiger partial charge is 0.416 e. The summed E-state index contributed by atoms with van der Waals surface area (Å²) in [6, 6.07) is 12.7. The van der Waals surface area contributed by atoms with E-state index in [0.717, 1.165) is 22.6 Å². The van der Waals surface area contributed by atoms with Crippen molar-refractivity contribution in [2.45, 2.75) is 21.8 Å². The number of alkyl halides is 4. The topological polar surface area (TPSA) is 0 Å². The van der Waals surface area contributed by atoms with Crippen LogP contribution in [0, 0.1) is 0 Å². The van der Waals surface area contributed by atoms with Crippen LogP contribution in [0.15, 0.2) is 58.3 Å². The maximum absolute atomic E-state index is 12.6. The Kier molecular flexibility index (Phi) is 4.42. The van der Waals surface area contributed by atoms with Crippen LogP contribution in [-0.4, -0.2) is 0 Å². The molecule has 0 aromatic heterocycles. The smallest absolute Gasteiger partial charge is 0.166 e. The van der Waals surface area contributed by atoms with Gasteiger partial charge in [0.15, 0.2) is 0 Å². The zero-order chi connectivity index (χ0) is 13.9. The molecule has 0 saturated carbocycles. The van der Waals surface area contributed by atoms with Gasteiger partial charge in [-0.25, -0.2) is 0 Å². The average molecular weight is 303 g/mol. The van der Waals surface area contributed by atoms with E-state index in [2.05, 4.69) is 0 Å². The first kappa shape index (κ1) is 14.3. The van der Waals surface area contributed by atoms with Crippen LogP contribution in [0.2, 0.25) is 0 Å². The highest BCUT2D eigenvalue weighted by atomic mass is 35.5. The number of rotatable bonds is 3. The Morgan fingerprint density at radius 3 is 2.21 bits per heavy atom. The summed E-state index contributed by atoms with van der Waals surface area (Å²) in [5, 5.41) is 0. The maximum Gasteiger partial charge on any atom is 0.416 e. The van der Waals surface area contributed by atoms with Gasteiger partial charge in [0.25, 0.3) is 0 Å². The molecule has 0 nitrogen and oxygen atoms in total. The van der Waals surface area contributed by atoms with Crippen LogP contribution >= 0.6 is 23.4 Å². The fourth-order valence-electron chi connectivity index (χ4n) is 1.52. The quantitative estimate of drug-likeness (QED) is 0.665. The molecular formula is C14H10ClF3S. The molecule has 2 aromatic carbocycles. The van der Waals surface area contributed by atoms with Crippen LogP contribution in [0.4, 0.5) is 13.2 Å². The van der Waals surface area contributed by atoms with Gasteiger partial charge in [0.1, 0.15) is 0 Å². The lowest BCUT2D eigenvalue weighted by atomic mass is 10.2. The predicted octanol–water partition coefficient (Wildman–Crippen LogP) is 5.60. The molecule has 0 fully saturated rings. The molecule has 0 spiro atoms. The van der Waals surface area contributed by atoms with Gasteiger partial charge >= 0.3 is 6.18 Å². The fourth-order valence-corrected chi connectivity index (χ4v) is 2.57. The minimum Gasteiger partial charge on any atom is -0.166 e. The summed E-state index contributed by atoms with van der Waals surface area (Å²) in [7, 11) is 0. The molecule has 5 heteroatoms. The third-order valence-corrected chi connectivity index (χ3v) is 3.78. The van der Waals surface area contributed by atoms with Crippen LogP contribution in [0.25, 0.3) is 0 Å². The highest BCUT2D eigenvalue weighted by molar-refractivity contribution is 7.99. The summed E-state index contributed by atoms with van der Waals surface area (Å²) >= 11 is 6.97. The van der Waals surface area contributed by atoms with Gasteiger partial charge in [-0.2, -0.15) is 13.2 Å². The van der Waals surface area contributed by atoms with Crippen molar-refractivity contribution in [3.8, 4) is 0 Å². The second kappa shape index (κ2) is 5.88. The van der Waals surface area contributed by atoms with Gasteiger partial charge in [-0.1, -0.05) is 30.0 Å². The van der Waals surface area contributed by atoms with Crippen LogP contribution in [-0.2, 0) is 12.1 Å². The second-order valence-electron chi connectivity index (χ2n) is 3.91. The molecule has 0 aliphatic rings. The molecule has 0 heterocycles. The van der Waals surface area contributed by atoms with Crippen molar-refractivity contribution in [1.29, 1.82) is 0 Å². The zero-order valence-electron chi connectivity index (χ0n) is 9.75. The summed E-state index contributed by atoms with van der Waals surface area (Å²) in [5.74, 6) is 0.425. The molecule has 0 N–H and O–H groups in total. The van der Waals surface area contributed by atoms with Gasteiger partial charge in [-0.05, 0) is 35.9 Å². The van der Waals surface area contributed by atoms with E-state index in [9.17, 15) is 13.2 Å². The molecule has 100 valence electrons. The molecule has 0 saturated heterocycles. The van der Waals surface area contributed by atoms with Crippen molar-refractivity contribution < 1.29 is 13.2 Å². The second-order valence-corrected chi connectivity index (χ2v) is 5.32. The summed E-state index contributed by atoms with van der Waals surface area (Å²) in [4.78, 5) is 1.45. The van der Waals surface area contributed by atoms with Crippen molar-refractivity contribution in [2.75, 3.05) is 0 Å². The van der Waals surface area contributed by atoms with Gasteiger partial charge in [-0.15, -0.1) is 11.6 Å². The Morgan fingerprint density at radius 1 is 0.947 bits per heavy atom. The van der Waals surface area contributed by atoms with Crippen molar-refractivity contribution in [3.63, 3.8) is 0 Å². The Labute approximate surface area is 118 Å². The maximum atomic E-state index is 12.6.